The largest absolute Gasteiger partial charge is 0.303 e. The Balaban J connectivity index is -0.000000190. The van der Waals surface area contributed by atoms with Crippen molar-refractivity contribution in [2.75, 3.05) is 0 Å². The molecule has 4 nitrogen and oxygen atoms in total. The van der Waals surface area contributed by atoms with Gasteiger partial charge in [0, 0.05) is 12.8 Å². The van der Waals surface area contributed by atoms with Crippen molar-refractivity contribution in [3.8, 4) is 0 Å². The molecule has 106 valence electrons. The van der Waals surface area contributed by atoms with E-state index in [4.69, 9.17) is 0 Å². The van der Waals surface area contributed by atoms with Gasteiger partial charge in [-0.1, -0.05) is 33.1 Å². The van der Waals surface area contributed by atoms with E-state index in [9.17, 15) is 19.2 Å². The predicted octanol–water partition coefficient (Wildman–Crippen LogP) is 2.92. The van der Waals surface area contributed by atoms with Crippen LogP contribution in [0, 0.1) is 0 Å². The molecule has 0 spiro atoms. The van der Waals surface area contributed by atoms with Crippen LogP contribution in [0.15, 0.2) is 0 Å². The Labute approximate surface area is 110 Å². The van der Waals surface area contributed by atoms with Crippen molar-refractivity contribution >= 4 is 25.1 Å². The molecule has 0 aromatic rings. The molecular weight excluding hydrogens is 232 g/mol. The van der Waals surface area contributed by atoms with Crippen LogP contribution >= 0.6 is 0 Å². The van der Waals surface area contributed by atoms with Crippen molar-refractivity contribution in [3.05, 3.63) is 0 Å². The van der Waals surface area contributed by atoms with Crippen molar-refractivity contribution in [2.45, 2.75) is 65.2 Å². The van der Waals surface area contributed by atoms with E-state index in [1.807, 2.05) is 0 Å². The summed E-state index contributed by atoms with van der Waals surface area (Å²) >= 11 is 0. The second-order valence-corrected chi connectivity index (χ2v) is 3.54. The summed E-state index contributed by atoms with van der Waals surface area (Å²) in [7, 11) is 0. The van der Waals surface area contributed by atoms with Crippen LogP contribution in [0.4, 0.5) is 0 Å². The minimum absolute atomic E-state index is 0.0278. The van der Waals surface area contributed by atoms with Crippen LogP contribution in [0.3, 0.4) is 0 Å². The second kappa shape index (κ2) is 29.6. The van der Waals surface area contributed by atoms with Gasteiger partial charge in [0.25, 0.3) is 0 Å². The van der Waals surface area contributed by atoms with Crippen LogP contribution in [0.25, 0.3) is 0 Å². The quantitative estimate of drug-likeness (QED) is 0.362. The van der Waals surface area contributed by atoms with Gasteiger partial charge in [-0.3, -0.25) is 0 Å². The third-order valence-electron chi connectivity index (χ3n) is 1.79. The Bertz CT molecular complexity index is 173. The second-order valence-electron chi connectivity index (χ2n) is 3.54. The molecule has 0 bridgehead atoms. The number of carbonyl (C=O) groups is 4. The van der Waals surface area contributed by atoms with Crippen molar-refractivity contribution in [1.29, 1.82) is 0 Å². The van der Waals surface area contributed by atoms with Crippen LogP contribution in [0.1, 0.15) is 65.2 Å². The van der Waals surface area contributed by atoms with Crippen molar-refractivity contribution in [1.82, 2.24) is 0 Å². The van der Waals surface area contributed by atoms with Gasteiger partial charge in [0.05, 0.1) is 6.42 Å². The maximum atomic E-state index is 9.68. The highest BCUT2D eigenvalue weighted by Gasteiger charge is 1.80. The highest BCUT2D eigenvalue weighted by Crippen LogP contribution is 1.94. The van der Waals surface area contributed by atoms with Gasteiger partial charge < -0.3 is 19.2 Å². The number of hydrogen-bond acceptors (Lipinski definition) is 4. The van der Waals surface area contributed by atoms with Gasteiger partial charge in [0.2, 0.25) is 0 Å². The molecule has 0 aliphatic heterocycles. The molecule has 0 saturated carbocycles. The SMILES string of the molecule is CCCCC=O.CCCCCC=O.O=CCC=O. The monoisotopic (exact) mass is 258 g/mol. The van der Waals surface area contributed by atoms with Gasteiger partial charge in [-0.15, -0.1) is 0 Å². The minimum Gasteiger partial charge on any atom is -0.303 e. The molecule has 0 amide bonds. The Morgan fingerprint density at radius 2 is 1.06 bits per heavy atom. The lowest BCUT2D eigenvalue weighted by Crippen LogP contribution is -1.73. The number of unbranched alkanes of at least 4 members (excludes halogenated alkanes) is 5. The molecule has 0 fully saturated rings. The van der Waals surface area contributed by atoms with Gasteiger partial charge in [-0.05, 0) is 12.8 Å². The van der Waals surface area contributed by atoms with Crippen LogP contribution in [-0.4, -0.2) is 25.1 Å². The van der Waals surface area contributed by atoms with Crippen LogP contribution in [0.2, 0.25) is 0 Å². The lowest BCUT2D eigenvalue weighted by Gasteiger charge is -1.85. The average Bonchev–Trinajstić information content (AvgIpc) is 2.39. The summed E-state index contributed by atoms with van der Waals surface area (Å²) in [6.07, 6.45) is 10.2. The van der Waals surface area contributed by atoms with Crippen LogP contribution in [0.5, 0.6) is 0 Å². The third kappa shape index (κ3) is 46.6. The molecule has 0 saturated heterocycles. The Morgan fingerprint density at radius 1 is 0.611 bits per heavy atom. The Hall–Kier alpha value is -1.32. The topological polar surface area (TPSA) is 68.3 Å². The van der Waals surface area contributed by atoms with Crippen molar-refractivity contribution in [3.63, 3.8) is 0 Å². The van der Waals surface area contributed by atoms with Crippen LogP contribution < -0.4 is 0 Å². The summed E-state index contributed by atoms with van der Waals surface area (Å²) in [5.41, 5.74) is 0. The summed E-state index contributed by atoms with van der Waals surface area (Å²) in [5, 5.41) is 0. The molecule has 0 rings (SSSR count). The van der Waals surface area contributed by atoms with E-state index in [1.54, 1.807) is 0 Å². The zero-order valence-corrected chi connectivity index (χ0v) is 11.6. The number of carbonyl (C=O) groups excluding carboxylic acids is 4. The van der Waals surface area contributed by atoms with E-state index >= 15 is 0 Å². The summed E-state index contributed by atoms with van der Waals surface area (Å²) in [5.74, 6) is 0. The molecule has 0 heterocycles. The summed E-state index contributed by atoms with van der Waals surface area (Å²) in [6, 6.07) is 0. The standard InChI is InChI=1S/C6H12O.C5H10O.C3H4O2/c1-2-3-4-5-6-7;1-2-3-4-5-6;4-2-1-3-5/h6H,2-5H2,1H3;5H,2-4H2,1H3;2-3H,1H2. The molecule has 0 unspecified atom stereocenters. The van der Waals surface area contributed by atoms with Gasteiger partial charge in [0.15, 0.2) is 0 Å². The molecule has 0 aromatic carbocycles. The number of aldehydes is 4. The maximum Gasteiger partial charge on any atom is 0.127 e. The normalized spacial score (nSPS) is 7.89. The third-order valence-corrected chi connectivity index (χ3v) is 1.79. The zero-order valence-electron chi connectivity index (χ0n) is 11.6. The van der Waals surface area contributed by atoms with Crippen molar-refractivity contribution < 1.29 is 19.2 Å². The van der Waals surface area contributed by atoms with E-state index in [0.29, 0.717) is 12.6 Å². The number of rotatable bonds is 9. The Morgan fingerprint density at radius 3 is 1.28 bits per heavy atom. The van der Waals surface area contributed by atoms with E-state index in [-0.39, 0.29) is 6.42 Å². The predicted molar refractivity (Wildman–Crippen MR) is 72.5 cm³/mol. The molecule has 18 heavy (non-hydrogen) atoms. The lowest BCUT2D eigenvalue weighted by atomic mass is 10.2. The minimum atomic E-state index is 0.0278. The highest BCUT2D eigenvalue weighted by atomic mass is 16.1. The molecule has 0 aliphatic carbocycles. The first-order valence-electron chi connectivity index (χ1n) is 6.49. The molecule has 4 heteroatoms. The molecule has 0 N–H and O–H groups in total. The Kier molecular flexibility index (Phi) is 36.1. The zero-order chi connectivity index (χ0) is 14.5. The molecular formula is C14H26O4. The van der Waals surface area contributed by atoms with Gasteiger partial charge in [-0.2, -0.15) is 0 Å². The lowest BCUT2D eigenvalue weighted by molar-refractivity contribution is -0.114. The van der Waals surface area contributed by atoms with Gasteiger partial charge in [0.1, 0.15) is 25.1 Å². The first-order chi connectivity index (χ1) is 8.74. The average molecular weight is 258 g/mol. The summed E-state index contributed by atoms with van der Waals surface area (Å²) in [4.78, 5) is 37.6. The first-order valence-corrected chi connectivity index (χ1v) is 6.49. The fourth-order valence-corrected chi connectivity index (χ4v) is 0.804. The smallest absolute Gasteiger partial charge is 0.127 e. The molecule has 0 aromatic heterocycles. The van der Waals surface area contributed by atoms with Crippen molar-refractivity contribution in [2.24, 2.45) is 0 Å². The fraction of sp³-hybridized carbons (Fsp3) is 0.714. The summed E-state index contributed by atoms with van der Waals surface area (Å²) in [6.45, 7) is 4.20. The fourth-order valence-electron chi connectivity index (χ4n) is 0.804. The molecule has 0 aliphatic rings. The first kappa shape index (κ1) is 21.9. The maximum absolute atomic E-state index is 9.68. The van der Waals surface area contributed by atoms with Gasteiger partial charge >= 0.3 is 0 Å². The number of hydrogen-bond donors (Lipinski definition) is 0. The van der Waals surface area contributed by atoms with E-state index in [0.717, 1.165) is 44.7 Å². The molecule has 0 atom stereocenters. The van der Waals surface area contributed by atoms with E-state index in [2.05, 4.69) is 13.8 Å². The van der Waals surface area contributed by atoms with E-state index in [1.165, 1.54) is 12.8 Å². The van der Waals surface area contributed by atoms with Crippen LogP contribution in [-0.2, 0) is 19.2 Å². The highest BCUT2D eigenvalue weighted by molar-refractivity contribution is 5.72. The van der Waals surface area contributed by atoms with Gasteiger partial charge in [-0.25, -0.2) is 0 Å². The summed E-state index contributed by atoms with van der Waals surface area (Å²) < 4.78 is 0. The molecule has 0 radical (unpaired) electrons. The van der Waals surface area contributed by atoms with E-state index < -0.39 is 0 Å².